The largest absolute Gasteiger partial charge is 0.497 e. The molecule has 7 heteroatoms. The van der Waals surface area contributed by atoms with Crippen LogP contribution in [0.25, 0.3) is 0 Å². The summed E-state index contributed by atoms with van der Waals surface area (Å²) in [6.07, 6.45) is 4.98. The van der Waals surface area contributed by atoms with E-state index in [0.29, 0.717) is 10.7 Å². The molecule has 3 aromatic rings. The van der Waals surface area contributed by atoms with Gasteiger partial charge in [-0.25, -0.2) is 9.97 Å². The summed E-state index contributed by atoms with van der Waals surface area (Å²) in [6, 6.07) is 10.3. The Morgan fingerprint density at radius 3 is 2.52 bits per heavy atom. The molecule has 0 aliphatic heterocycles. The van der Waals surface area contributed by atoms with Crippen molar-refractivity contribution < 1.29 is 9.53 Å². The first-order valence-corrected chi connectivity index (χ1v) is 8.00. The number of rotatable bonds is 5. The quantitative estimate of drug-likeness (QED) is 0.713. The van der Waals surface area contributed by atoms with Gasteiger partial charge in [0.1, 0.15) is 22.8 Å². The molecule has 1 atom stereocenters. The van der Waals surface area contributed by atoms with Crippen LogP contribution in [-0.2, 0) is 7.05 Å². The highest BCUT2D eigenvalue weighted by Crippen LogP contribution is 2.23. The molecule has 0 fully saturated rings. The van der Waals surface area contributed by atoms with Crippen molar-refractivity contribution >= 4 is 17.5 Å². The van der Waals surface area contributed by atoms with E-state index in [0.717, 1.165) is 17.1 Å². The molecule has 6 nitrogen and oxygen atoms in total. The molecule has 2 aromatic heterocycles. The summed E-state index contributed by atoms with van der Waals surface area (Å²) in [4.78, 5) is 20.9. The molecular formula is C18H17ClN4O2. The average molecular weight is 357 g/mol. The summed E-state index contributed by atoms with van der Waals surface area (Å²) in [5.74, 6) is 1.21. The lowest BCUT2D eigenvalue weighted by molar-refractivity contribution is 0.0941. The topological polar surface area (TPSA) is 69.0 Å². The zero-order valence-electron chi connectivity index (χ0n) is 13.8. The predicted octanol–water partition coefficient (Wildman–Crippen LogP) is 3.00. The van der Waals surface area contributed by atoms with E-state index in [9.17, 15) is 4.79 Å². The Bertz CT molecular complexity index is 860. The van der Waals surface area contributed by atoms with Crippen LogP contribution in [0.5, 0.6) is 5.75 Å². The number of hydrogen-bond acceptors (Lipinski definition) is 4. The van der Waals surface area contributed by atoms with E-state index < -0.39 is 6.04 Å². The van der Waals surface area contributed by atoms with E-state index in [1.54, 1.807) is 25.4 Å². The number of amides is 1. The van der Waals surface area contributed by atoms with Gasteiger partial charge in [0.2, 0.25) is 0 Å². The van der Waals surface area contributed by atoms with Crippen LogP contribution in [0.2, 0.25) is 5.15 Å². The molecule has 1 N–H and O–H groups in total. The second kappa shape index (κ2) is 7.36. The van der Waals surface area contributed by atoms with Crippen molar-refractivity contribution in [3.63, 3.8) is 0 Å². The molecule has 0 saturated heterocycles. The van der Waals surface area contributed by atoms with E-state index in [4.69, 9.17) is 16.3 Å². The number of imidazole rings is 1. The number of methoxy groups -OCH3 is 1. The maximum absolute atomic E-state index is 12.6. The number of ether oxygens (including phenoxy) is 1. The Morgan fingerprint density at radius 1 is 1.20 bits per heavy atom. The highest BCUT2D eigenvalue weighted by molar-refractivity contribution is 6.29. The van der Waals surface area contributed by atoms with Crippen LogP contribution in [-0.4, -0.2) is 27.6 Å². The van der Waals surface area contributed by atoms with Crippen LogP contribution in [0.1, 0.15) is 27.8 Å². The summed E-state index contributed by atoms with van der Waals surface area (Å²) < 4.78 is 7.07. The van der Waals surface area contributed by atoms with Gasteiger partial charge in [0, 0.05) is 25.6 Å². The Balaban J connectivity index is 1.92. The van der Waals surface area contributed by atoms with Crippen molar-refractivity contribution in [2.45, 2.75) is 6.04 Å². The maximum atomic E-state index is 12.6. The van der Waals surface area contributed by atoms with Gasteiger partial charge in [-0.15, -0.1) is 0 Å². The molecule has 0 aliphatic rings. The van der Waals surface area contributed by atoms with Crippen molar-refractivity contribution in [1.29, 1.82) is 0 Å². The monoisotopic (exact) mass is 356 g/mol. The number of pyridine rings is 1. The number of nitrogens with one attached hydrogen (secondary N) is 1. The Labute approximate surface area is 150 Å². The molecule has 2 heterocycles. The zero-order valence-corrected chi connectivity index (χ0v) is 14.6. The first-order chi connectivity index (χ1) is 12.1. The number of benzene rings is 1. The molecule has 25 heavy (non-hydrogen) atoms. The minimum absolute atomic E-state index is 0.256. The van der Waals surface area contributed by atoms with Crippen molar-refractivity contribution in [3.05, 3.63) is 77.1 Å². The van der Waals surface area contributed by atoms with Crippen molar-refractivity contribution in [3.8, 4) is 5.75 Å². The SMILES string of the molecule is COc1ccc(C(NC(=O)c2ccc(Cl)nc2)c2nccn2C)cc1. The molecule has 0 saturated carbocycles. The number of hydrogen-bond donors (Lipinski definition) is 1. The van der Waals surface area contributed by atoms with Gasteiger partial charge in [0.05, 0.1) is 12.7 Å². The lowest BCUT2D eigenvalue weighted by atomic mass is 10.1. The molecule has 1 aromatic carbocycles. The Morgan fingerprint density at radius 2 is 1.96 bits per heavy atom. The number of halogens is 1. The second-order valence-electron chi connectivity index (χ2n) is 5.45. The van der Waals surface area contributed by atoms with Crippen LogP contribution >= 0.6 is 11.6 Å². The molecule has 0 radical (unpaired) electrons. The van der Waals surface area contributed by atoms with Crippen LogP contribution in [0.3, 0.4) is 0 Å². The first-order valence-electron chi connectivity index (χ1n) is 7.62. The van der Waals surface area contributed by atoms with Gasteiger partial charge in [-0.3, -0.25) is 4.79 Å². The van der Waals surface area contributed by atoms with Crippen LogP contribution in [0.4, 0.5) is 0 Å². The van der Waals surface area contributed by atoms with Gasteiger partial charge in [0.25, 0.3) is 5.91 Å². The van der Waals surface area contributed by atoms with Crippen LogP contribution < -0.4 is 10.1 Å². The summed E-state index contributed by atoms with van der Waals surface area (Å²) in [5, 5.41) is 3.34. The Kier molecular flexibility index (Phi) is 5.00. The third-order valence-corrected chi connectivity index (χ3v) is 4.05. The highest BCUT2D eigenvalue weighted by Gasteiger charge is 2.21. The predicted molar refractivity (Wildman–Crippen MR) is 94.8 cm³/mol. The van der Waals surface area contributed by atoms with Crippen molar-refractivity contribution in [2.24, 2.45) is 7.05 Å². The van der Waals surface area contributed by atoms with Gasteiger partial charge in [-0.05, 0) is 29.8 Å². The third kappa shape index (κ3) is 3.80. The van der Waals surface area contributed by atoms with E-state index in [1.165, 1.54) is 6.20 Å². The molecule has 0 bridgehead atoms. The lowest BCUT2D eigenvalue weighted by Crippen LogP contribution is -2.31. The number of nitrogens with zero attached hydrogens (tertiary/aromatic N) is 3. The fourth-order valence-corrected chi connectivity index (χ4v) is 2.58. The van der Waals surface area contributed by atoms with Crippen molar-refractivity contribution in [2.75, 3.05) is 7.11 Å². The molecule has 1 unspecified atom stereocenters. The number of aryl methyl sites for hydroxylation is 1. The molecule has 0 aliphatic carbocycles. The third-order valence-electron chi connectivity index (χ3n) is 3.83. The first kappa shape index (κ1) is 17.0. The summed E-state index contributed by atoms with van der Waals surface area (Å²) in [5.41, 5.74) is 1.32. The normalized spacial score (nSPS) is 11.8. The standard InChI is InChI=1S/C18H17ClN4O2/c1-23-10-9-20-17(23)16(12-3-6-14(25-2)7-4-12)22-18(24)13-5-8-15(19)21-11-13/h3-11,16H,1-2H3,(H,22,24). The fourth-order valence-electron chi connectivity index (χ4n) is 2.47. The van der Waals surface area contributed by atoms with Gasteiger partial charge in [0.15, 0.2) is 0 Å². The fraction of sp³-hybridized carbons (Fsp3) is 0.167. The summed E-state index contributed by atoms with van der Waals surface area (Å²) in [7, 11) is 3.50. The molecule has 1 amide bonds. The van der Waals surface area contributed by atoms with E-state index >= 15 is 0 Å². The highest BCUT2D eigenvalue weighted by atomic mass is 35.5. The van der Waals surface area contributed by atoms with Gasteiger partial charge in [-0.1, -0.05) is 23.7 Å². The zero-order chi connectivity index (χ0) is 17.8. The number of carbonyl (C=O) groups excluding carboxylic acids is 1. The van der Waals surface area contributed by atoms with E-state index in [2.05, 4.69) is 15.3 Å². The Hall–Kier alpha value is -2.86. The second-order valence-corrected chi connectivity index (χ2v) is 5.83. The molecule has 0 spiro atoms. The van der Waals surface area contributed by atoms with Gasteiger partial charge >= 0.3 is 0 Å². The minimum Gasteiger partial charge on any atom is -0.497 e. The lowest BCUT2D eigenvalue weighted by Gasteiger charge is -2.19. The maximum Gasteiger partial charge on any atom is 0.253 e. The van der Waals surface area contributed by atoms with Crippen molar-refractivity contribution in [1.82, 2.24) is 19.9 Å². The van der Waals surface area contributed by atoms with E-state index in [1.807, 2.05) is 42.1 Å². The average Bonchev–Trinajstić information content (AvgIpc) is 3.06. The van der Waals surface area contributed by atoms with E-state index in [-0.39, 0.29) is 5.91 Å². The van der Waals surface area contributed by atoms with Crippen LogP contribution in [0.15, 0.2) is 55.0 Å². The van der Waals surface area contributed by atoms with Crippen LogP contribution in [0, 0.1) is 0 Å². The molecule has 128 valence electrons. The smallest absolute Gasteiger partial charge is 0.253 e. The summed E-state index contributed by atoms with van der Waals surface area (Å²) in [6.45, 7) is 0. The van der Waals surface area contributed by atoms with Gasteiger partial charge < -0.3 is 14.6 Å². The number of carbonyl (C=O) groups is 1. The number of aromatic nitrogens is 3. The minimum atomic E-state index is -0.408. The van der Waals surface area contributed by atoms with Gasteiger partial charge in [-0.2, -0.15) is 0 Å². The molecular weight excluding hydrogens is 340 g/mol. The molecule has 3 rings (SSSR count). The summed E-state index contributed by atoms with van der Waals surface area (Å²) >= 11 is 5.78.